The third-order valence-corrected chi connectivity index (χ3v) is 1.79. The van der Waals surface area contributed by atoms with E-state index in [1.54, 1.807) is 6.07 Å². The van der Waals surface area contributed by atoms with Crippen LogP contribution in [0.15, 0.2) is 24.3 Å². The van der Waals surface area contributed by atoms with Crippen molar-refractivity contribution in [2.75, 3.05) is 6.61 Å². The second-order valence-electron chi connectivity index (χ2n) is 2.73. The van der Waals surface area contributed by atoms with Gasteiger partial charge in [-0.2, -0.15) is 0 Å². The van der Waals surface area contributed by atoms with Gasteiger partial charge in [0.25, 0.3) is 0 Å². The number of carbonyl (C=O) groups excluding carboxylic acids is 1. The quantitative estimate of drug-likeness (QED) is 0.660. The Hall–Kier alpha value is -1.15. The fourth-order valence-corrected chi connectivity index (χ4v) is 1.13. The van der Waals surface area contributed by atoms with Crippen molar-refractivity contribution in [1.82, 2.24) is 0 Å². The maximum absolute atomic E-state index is 10.5. The lowest BCUT2D eigenvalue weighted by Gasteiger charge is -2.10. The van der Waals surface area contributed by atoms with E-state index in [0.29, 0.717) is 12.2 Å². The van der Waals surface area contributed by atoms with E-state index in [0.717, 1.165) is 18.0 Å². The number of benzene rings is 1. The van der Waals surface area contributed by atoms with Gasteiger partial charge in [0.15, 0.2) is 0 Å². The molecule has 0 amide bonds. The molecular formula is C11H13O2. The first-order valence-corrected chi connectivity index (χ1v) is 4.30. The molecule has 0 aliphatic carbocycles. The van der Waals surface area contributed by atoms with Gasteiger partial charge >= 0.3 is 0 Å². The number of ether oxygens (including phenoxy) is 1. The molecular weight excluding hydrogens is 164 g/mol. The predicted octanol–water partition coefficient (Wildman–Crippen LogP) is 2.44. The minimum Gasteiger partial charge on any atom is -0.367 e. The van der Waals surface area contributed by atoms with Gasteiger partial charge in [0.05, 0.1) is 0 Å². The fraction of sp³-hybridized carbons (Fsp3) is 0.273. The summed E-state index contributed by atoms with van der Waals surface area (Å²) in [6.07, 6.45) is 1.69. The van der Waals surface area contributed by atoms with E-state index >= 15 is 0 Å². The fourth-order valence-electron chi connectivity index (χ4n) is 1.13. The first kappa shape index (κ1) is 9.93. The van der Waals surface area contributed by atoms with Crippen LogP contribution in [-0.4, -0.2) is 12.9 Å². The van der Waals surface area contributed by atoms with Gasteiger partial charge in [-0.3, -0.25) is 4.79 Å². The number of hydrogen-bond acceptors (Lipinski definition) is 2. The van der Waals surface area contributed by atoms with Crippen molar-refractivity contribution in [2.24, 2.45) is 0 Å². The smallest absolute Gasteiger partial charge is 0.150 e. The van der Waals surface area contributed by atoms with Gasteiger partial charge < -0.3 is 4.74 Å². The summed E-state index contributed by atoms with van der Waals surface area (Å²) in [5, 5.41) is 0. The SMILES string of the molecule is CCO[C](C)c1cccc(C=O)c1. The largest absolute Gasteiger partial charge is 0.367 e. The van der Waals surface area contributed by atoms with Crippen LogP contribution in [0.25, 0.3) is 0 Å². The number of hydrogen-bond donors (Lipinski definition) is 0. The van der Waals surface area contributed by atoms with Crippen LogP contribution in [-0.2, 0) is 4.74 Å². The summed E-state index contributed by atoms with van der Waals surface area (Å²) in [5.74, 6) is 0. The van der Waals surface area contributed by atoms with Crippen molar-refractivity contribution in [3.63, 3.8) is 0 Å². The number of carbonyl (C=O) groups is 1. The Bertz CT molecular complexity index is 281. The van der Waals surface area contributed by atoms with Gasteiger partial charge in [0.1, 0.15) is 12.4 Å². The van der Waals surface area contributed by atoms with Crippen molar-refractivity contribution in [2.45, 2.75) is 13.8 Å². The molecule has 1 aromatic carbocycles. The van der Waals surface area contributed by atoms with Crippen LogP contribution in [0.4, 0.5) is 0 Å². The maximum atomic E-state index is 10.5. The Morgan fingerprint density at radius 1 is 1.54 bits per heavy atom. The molecule has 1 aromatic rings. The summed E-state index contributed by atoms with van der Waals surface area (Å²) >= 11 is 0. The van der Waals surface area contributed by atoms with E-state index < -0.39 is 0 Å². The summed E-state index contributed by atoms with van der Waals surface area (Å²) in [6, 6.07) is 7.37. The molecule has 0 aliphatic heterocycles. The third-order valence-electron chi connectivity index (χ3n) is 1.79. The van der Waals surface area contributed by atoms with Crippen molar-refractivity contribution in [1.29, 1.82) is 0 Å². The highest BCUT2D eigenvalue weighted by atomic mass is 16.5. The molecule has 0 aromatic heterocycles. The van der Waals surface area contributed by atoms with Crippen LogP contribution >= 0.6 is 0 Å². The molecule has 13 heavy (non-hydrogen) atoms. The van der Waals surface area contributed by atoms with Crippen LogP contribution in [0.3, 0.4) is 0 Å². The Labute approximate surface area is 78.5 Å². The van der Waals surface area contributed by atoms with Gasteiger partial charge in [-0.1, -0.05) is 18.2 Å². The standard InChI is InChI=1S/C11H13O2/c1-3-13-9(2)11-6-4-5-10(7-11)8-12/h4-8H,3H2,1-2H3. The highest BCUT2D eigenvalue weighted by molar-refractivity contribution is 5.75. The molecule has 2 nitrogen and oxygen atoms in total. The van der Waals surface area contributed by atoms with E-state index in [1.165, 1.54) is 0 Å². The van der Waals surface area contributed by atoms with Crippen LogP contribution < -0.4 is 0 Å². The zero-order chi connectivity index (χ0) is 9.68. The van der Waals surface area contributed by atoms with Crippen molar-refractivity contribution >= 4 is 6.29 Å². The third kappa shape index (κ3) is 2.67. The van der Waals surface area contributed by atoms with E-state index in [2.05, 4.69) is 0 Å². The van der Waals surface area contributed by atoms with Gasteiger partial charge in [-0.05, 0) is 25.5 Å². The van der Waals surface area contributed by atoms with Crippen molar-refractivity contribution < 1.29 is 9.53 Å². The Kier molecular flexibility index (Phi) is 3.65. The van der Waals surface area contributed by atoms with Crippen molar-refractivity contribution in [3.8, 4) is 0 Å². The monoisotopic (exact) mass is 177 g/mol. The lowest BCUT2D eigenvalue weighted by molar-refractivity contribution is 0.112. The Morgan fingerprint density at radius 2 is 2.31 bits per heavy atom. The number of rotatable bonds is 4. The maximum Gasteiger partial charge on any atom is 0.150 e. The first-order chi connectivity index (χ1) is 6.27. The highest BCUT2D eigenvalue weighted by Crippen LogP contribution is 2.15. The summed E-state index contributed by atoms with van der Waals surface area (Å²) in [4.78, 5) is 10.5. The molecule has 1 radical (unpaired) electrons. The van der Waals surface area contributed by atoms with Crippen LogP contribution in [0.1, 0.15) is 29.8 Å². The van der Waals surface area contributed by atoms with Crippen LogP contribution in [0.2, 0.25) is 0 Å². The second-order valence-corrected chi connectivity index (χ2v) is 2.73. The molecule has 0 unspecified atom stereocenters. The molecule has 2 heteroatoms. The van der Waals surface area contributed by atoms with E-state index in [-0.39, 0.29) is 0 Å². The summed E-state index contributed by atoms with van der Waals surface area (Å²) in [6.45, 7) is 4.48. The molecule has 0 aliphatic rings. The molecule has 0 N–H and O–H groups in total. The molecule has 1 rings (SSSR count). The average Bonchev–Trinajstić information content (AvgIpc) is 2.18. The van der Waals surface area contributed by atoms with Gasteiger partial charge in [0, 0.05) is 12.2 Å². The molecule has 0 spiro atoms. The second kappa shape index (κ2) is 4.77. The van der Waals surface area contributed by atoms with E-state index in [4.69, 9.17) is 4.74 Å². The average molecular weight is 177 g/mol. The van der Waals surface area contributed by atoms with E-state index in [9.17, 15) is 4.79 Å². The van der Waals surface area contributed by atoms with E-state index in [1.807, 2.05) is 32.0 Å². The normalized spacial score (nSPS) is 10.4. The molecule has 69 valence electrons. The minimum absolute atomic E-state index is 0.650. The molecule has 0 bridgehead atoms. The van der Waals surface area contributed by atoms with Crippen molar-refractivity contribution in [3.05, 3.63) is 41.5 Å². The summed E-state index contributed by atoms with van der Waals surface area (Å²) in [5.41, 5.74) is 1.64. The Morgan fingerprint density at radius 3 is 2.92 bits per heavy atom. The van der Waals surface area contributed by atoms with Crippen LogP contribution in [0, 0.1) is 6.10 Å². The molecule has 0 atom stereocenters. The molecule has 0 saturated heterocycles. The highest BCUT2D eigenvalue weighted by Gasteiger charge is 2.05. The summed E-state index contributed by atoms with van der Waals surface area (Å²) < 4.78 is 5.33. The zero-order valence-electron chi connectivity index (χ0n) is 7.91. The topological polar surface area (TPSA) is 26.3 Å². The minimum atomic E-state index is 0.650. The number of aldehydes is 1. The Balaban J connectivity index is 2.81. The zero-order valence-corrected chi connectivity index (χ0v) is 7.91. The lowest BCUT2D eigenvalue weighted by atomic mass is 10.1. The van der Waals surface area contributed by atoms with Crippen LogP contribution in [0.5, 0.6) is 0 Å². The predicted molar refractivity (Wildman–Crippen MR) is 51.5 cm³/mol. The molecule has 0 saturated carbocycles. The van der Waals surface area contributed by atoms with Gasteiger partial charge in [0.2, 0.25) is 0 Å². The first-order valence-electron chi connectivity index (χ1n) is 4.30. The van der Waals surface area contributed by atoms with Gasteiger partial charge in [-0.15, -0.1) is 0 Å². The molecule has 0 fully saturated rings. The van der Waals surface area contributed by atoms with Gasteiger partial charge in [-0.25, -0.2) is 0 Å². The lowest BCUT2D eigenvalue weighted by Crippen LogP contribution is -2.00. The summed E-state index contributed by atoms with van der Waals surface area (Å²) in [7, 11) is 0. The molecule has 0 heterocycles.